The van der Waals surface area contributed by atoms with Crippen LogP contribution < -0.4 is 20.3 Å². The predicted molar refractivity (Wildman–Crippen MR) is 136 cm³/mol. The third-order valence-electron chi connectivity index (χ3n) is 7.01. The maximum absolute atomic E-state index is 12.2. The highest BCUT2D eigenvalue weighted by Crippen LogP contribution is 2.35. The van der Waals surface area contributed by atoms with Crippen LogP contribution >= 0.6 is 0 Å². The Hall–Kier alpha value is -2.83. The summed E-state index contributed by atoms with van der Waals surface area (Å²) in [5.74, 6) is 1.62. The van der Waals surface area contributed by atoms with E-state index in [0.717, 1.165) is 59.5 Å². The molecule has 0 radical (unpaired) electrons. The zero-order chi connectivity index (χ0) is 23.3. The van der Waals surface area contributed by atoms with Gasteiger partial charge in [-0.2, -0.15) is 0 Å². The van der Waals surface area contributed by atoms with Crippen LogP contribution in [0.1, 0.15) is 55.3 Å². The van der Waals surface area contributed by atoms with Crippen LogP contribution in [0.3, 0.4) is 0 Å². The average molecular weight is 462 g/mol. The number of aromatic amines is 1. The molecule has 2 aliphatic rings. The highest BCUT2D eigenvalue weighted by Gasteiger charge is 2.19. The predicted octanol–water partition coefficient (Wildman–Crippen LogP) is 4.42. The number of fused-ring (bicyclic) bond motifs is 2. The minimum absolute atomic E-state index is 0.00183. The van der Waals surface area contributed by atoms with Crippen molar-refractivity contribution in [1.29, 1.82) is 0 Å². The van der Waals surface area contributed by atoms with E-state index in [0.29, 0.717) is 13.2 Å². The molecule has 0 amide bonds. The van der Waals surface area contributed by atoms with E-state index in [4.69, 9.17) is 9.47 Å². The molecule has 0 spiro atoms. The fraction of sp³-hybridized carbons (Fsp3) is 0.464. The monoisotopic (exact) mass is 461 g/mol. The van der Waals surface area contributed by atoms with Crippen molar-refractivity contribution in [2.24, 2.45) is 0 Å². The van der Waals surface area contributed by atoms with E-state index in [1.165, 1.54) is 37.9 Å². The number of hydrogen-bond donors (Lipinski definition) is 2. The Morgan fingerprint density at radius 2 is 1.74 bits per heavy atom. The Kier molecular flexibility index (Phi) is 7.16. The number of hydrogen-bond acceptors (Lipinski definition) is 5. The zero-order valence-electron chi connectivity index (χ0n) is 20.1. The topological polar surface area (TPSA) is 66.6 Å². The molecular weight excluding hydrogens is 426 g/mol. The Labute approximate surface area is 201 Å². The molecule has 0 aliphatic carbocycles. The Balaban J connectivity index is 1.41. The summed E-state index contributed by atoms with van der Waals surface area (Å²) in [6, 6.07) is 14.6. The molecule has 2 N–H and O–H groups in total. The highest BCUT2D eigenvalue weighted by molar-refractivity contribution is 5.80. The lowest BCUT2D eigenvalue weighted by Gasteiger charge is -2.27. The minimum atomic E-state index is 0.00183. The number of H-pyrrole nitrogens is 1. The summed E-state index contributed by atoms with van der Waals surface area (Å²) in [5.41, 5.74) is 4.02. The molecule has 0 bridgehead atoms. The third-order valence-corrected chi connectivity index (χ3v) is 7.01. The van der Waals surface area contributed by atoms with Crippen LogP contribution in [-0.2, 0) is 6.42 Å². The number of aromatic nitrogens is 1. The van der Waals surface area contributed by atoms with Gasteiger partial charge in [0.1, 0.15) is 13.2 Å². The lowest BCUT2D eigenvalue weighted by Crippen LogP contribution is -2.33. The molecule has 6 heteroatoms. The van der Waals surface area contributed by atoms with E-state index in [1.807, 2.05) is 25.1 Å². The van der Waals surface area contributed by atoms with Crippen molar-refractivity contribution in [3.63, 3.8) is 0 Å². The molecule has 1 aromatic heterocycles. The van der Waals surface area contributed by atoms with E-state index in [9.17, 15) is 4.79 Å². The van der Waals surface area contributed by atoms with Crippen molar-refractivity contribution >= 4 is 10.9 Å². The standard InChI is InChI=1S/C28H35N3O3/c1-2-20-17-23-18-21(7-9-24(23)30-28(20)32)27(29-11-6-14-31-12-4-3-5-13-31)22-8-10-25-26(19-22)34-16-15-33-25/h7-10,17-19,27,29H,2-6,11-16H2,1H3,(H,30,32). The molecule has 6 nitrogen and oxygen atoms in total. The third kappa shape index (κ3) is 5.13. The summed E-state index contributed by atoms with van der Waals surface area (Å²) in [6.45, 7) is 7.71. The van der Waals surface area contributed by atoms with Gasteiger partial charge in [-0.05, 0) is 98.7 Å². The fourth-order valence-corrected chi connectivity index (χ4v) is 5.11. The first-order valence-electron chi connectivity index (χ1n) is 12.7. The van der Waals surface area contributed by atoms with Gasteiger partial charge in [0.05, 0.1) is 6.04 Å². The van der Waals surface area contributed by atoms with Crippen LogP contribution in [0, 0.1) is 0 Å². The molecule has 1 saturated heterocycles. The second kappa shape index (κ2) is 10.6. The van der Waals surface area contributed by atoms with Gasteiger partial charge in [-0.15, -0.1) is 0 Å². The van der Waals surface area contributed by atoms with Gasteiger partial charge in [-0.1, -0.05) is 25.5 Å². The fourth-order valence-electron chi connectivity index (χ4n) is 5.11. The number of benzene rings is 2. The molecule has 2 aliphatic heterocycles. The largest absolute Gasteiger partial charge is 0.486 e. The first-order valence-corrected chi connectivity index (χ1v) is 12.7. The van der Waals surface area contributed by atoms with Crippen molar-refractivity contribution in [3.8, 4) is 11.5 Å². The molecule has 180 valence electrons. The molecule has 1 atom stereocenters. The maximum atomic E-state index is 12.2. The van der Waals surface area contributed by atoms with E-state index in [-0.39, 0.29) is 11.6 Å². The van der Waals surface area contributed by atoms with Gasteiger partial charge in [0.15, 0.2) is 11.5 Å². The first kappa shape index (κ1) is 22.9. The van der Waals surface area contributed by atoms with Crippen LogP contribution in [0.4, 0.5) is 0 Å². The zero-order valence-corrected chi connectivity index (χ0v) is 20.1. The quantitative estimate of drug-likeness (QED) is 0.486. The molecule has 1 fully saturated rings. The smallest absolute Gasteiger partial charge is 0.251 e. The number of likely N-dealkylation sites (tertiary alicyclic amines) is 1. The number of rotatable bonds is 8. The normalized spacial score (nSPS) is 17.1. The summed E-state index contributed by atoms with van der Waals surface area (Å²) in [7, 11) is 0. The molecule has 0 saturated carbocycles. The first-order chi connectivity index (χ1) is 16.7. The van der Waals surface area contributed by atoms with Gasteiger partial charge in [-0.3, -0.25) is 4.79 Å². The summed E-state index contributed by atoms with van der Waals surface area (Å²) >= 11 is 0. The van der Waals surface area contributed by atoms with Gasteiger partial charge in [0.25, 0.3) is 5.56 Å². The van der Waals surface area contributed by atoms with Crippen LogP contribution in [0.5, 0.6) is 11.5 Å². The van der Waals surface area contributed by atoms with Crippen molar-refractivity contribution in [1.82, 2.24) is 15.2 Å². The number of pyridine rings is 1. The number of nitrogens with one attached hydrogen (secondary N) is 2. The SMILES string of the molecule is CCc1cc2cc(C(NCCCN3CCCCC3)c3ccc4c(c3)OCCO4)ccc2[nH]c1=O. The summed E-state index contributed by atoms with van der Waals surface area (Å²) in [5, 5.41) is 4.87. The van der Waals surface area contributed by atoms with Gasteiger partial charge in [0.2, 0.25) is 0 Å². The van der Waals surface area contributed by atoms with Crippen LogP contribution in [0.15, 0.2) is 47.3 Å². The lowest BCUT2D eigenvalue weighted by atomic mass is 9.96. The number of aryl methyl sites for hydroxylation is 1. The van der Waals surface area contributed by atoms with Gasteiger partial charge in [0, 0.05) is 11.1 Å². The Morgan fingerprint density at radius 3 is 2.56 bits per heavy atom. The highest BCUT2D eigenvalue weighted by atomic mass is 16.6. The molecule has 34 heavy (non-hydrogen) atoms. The van der Waals surface area contributed by atoms with Crippen molar-refractivity contribution in [2.45, 2.75) is 45.1 Å². The van der Waals surface area contributed by atoms with Crippen molar-refractivity contribution in [2.75, 3.05) is 39.4 Å². The summed E-state index contributed by atoms with van der Waals surface area (Å²) in [4.78, 5) is 17.9. The Morgan fingerprint density at radius 1 is 0.971 bits per heavy atom. The van der Waals surface area contributed by atoms with Gasteiger partial charge in [-0.25, -0.2) is 0 Å². The van der Waals surface area contributed by atoms with Gasteiger partial charge >= 0.3 is 0 Å². The van der Waals surface area contributed by atoms with Crippen LogP contribution in [0.25, 0.3) is 10.9 Å². The summed E-state index contributed by atoms with van der Waals surface area (Å²) in [6.07, 6.45) is 5.85. The molecular formula is C28H35N3O3. The Bertz CT molecular complexity index is 1180. The van der Waals surface area contributed by atoms with Crippen molar-refractivity contribution < 1.29 is 9.47 Å². The summed E-state index contributed by atoms with van der Waals surface area (Å²) < 4.78 is 11.6. The molecule has 3 heterocycles. The lowest BCUT2D eigenvalue weighted by molar-refractivity contribution is 0.171. The van der Waals surface area contributed by atoms with Crippen LogP contribution in [0.2, 0.25) is 0 Å². The van der Waals surface area contributed by atoms with E-state index in [2.05, 4.69) is 39.5 Å². The molecule has 2 aromatic carbocycles. The number of ether oxygens (including phenoxy) is 2. The van der Waals surface area contributed by atoms with Gasteiger partial charge < -0.3 is 24.7 Å². The maximum Gasteiger partial charge on any atom is 0.251 e. The average Bonchev–Trinajstić information content (AvgIpc) is 2.88. The number of piperidine rings is 1. The number of nitrogens with zero attached hydrogens (tertiary/aromatic N) is 1. The van der Waals surface area contributed by atoms with Crippen LogP contribution in [-0.4, -0.2) is 49.3 Å². The van der Waals surface area contributed by atoms with Crippen molar-refractivity contribution in [3.05, 3.63) is 69.5 Å². The molecule has 3 aromatic rings. The second-order valence-electron chi connectivity index (χ2n) is 9.37. The second-order valence-corrected chi connectivity index (χ2v) is 9.37. The molecule has 1 unspecified atom stereocenters. The minimum Gasteiger partial charge on any atom is -0.486 e. The van der Waals surface area contributed by atoms with E-state index < -0.39 is 0 Å². The van der Waals surface area contributed by atoms with E-state index in [1.54, 1.807) is 0 Å². The van der Waals surface area contributed by atoms with E-state index >= 15 is 0 Å². The molecule has 5 rings (SSSR count).